The minimum absolute atomic E-state index is 0.167. The number of hydrogen-bond donors (Lipinski definition) is 2. The number of rotatable bonds is 5. The maximum atomic E-state index is 12.3. The van der Waals surface area contributed by atoms with Crippen LogP contribution in [-0.2, 0) is 6.54 Å². The average molecular weight is 320 g/mol. The number of aromatic amines is 1. The van der Waals surface area contributed by atoms with Gasteiger partial charge in [0.15, 0.2) is 0 Å². The van der Waals surface area contributed by atoms with E-state index in [0.717, 1.165) is 22.5 Å². The fourth-order valence-electron chi connectivity index (χ4n) is 2.42. The van der Waals surface area contributed by atoms with E-state index in [1.54, 1.807) is 6.07 Å². The van der Waals surface area contributed by atoms with Gasteiger partial charge in [-0.05, 0) is 23.8 Å². The van der Waals surface area contributed by atoms with E-state index in [4.69, 9.17) is 0 Å². The van der Waals surface area contributed by atoms with Gasteiger partial charge in [-0.15, -0.1) is 0 Å². The van der Waals surface area contributed by atoms with Crippen LogP contribution >= 0.6 is 0 Å². The summed E-state index contributed by atoms with van der Waals surface area (Å²) < 4.78 is 0. The lowest BCUT2D eigenvalue weighted by molar-refractivity contribution is 0.0946. The quantitative estimate of drug-likeness (QED) is 0.759. The Kier molecular flexibility index (Phi) is 4.61. The first-order valence-electron chi connectivity index (χ1n) is 7.79. The Hall–Kier alpha value is -3.08. The zero-order valence-electron chi connectivity index (χ0n) is 13.8. The molecule has 0 aliphatic rings. The molecule has 0 atom stereocenters. The van der Waals surface area contributed by atoms with Crippen LogP contribution in [0, 0.1) is 0 Å². The number of amides is 1. The number of anilines is 1. The van der Waals surface area contributed by atoms with Gasteiger partial charge < -0.3 is 10.2 Å². The molecule has 1 aromatic heterocycles. The Morgan fingerprint density at radius 3 is 2.62 bits per heavy atom. The number of H-pyrrole nitrogens is 1. The Balaban J connectivity index is 1.66. The molecule has 1 amide bonds. The van der Waals surface area contributed by atoms with Crippen molar-refractivity contribution in [2.75, 3.05) is 19.0 Å². The van der Waals surface area contributed by atoms with Crippen LogP contribution < -0.4 is 10.2 Å². The van der Waals surface area contributed by atoms with Crippen molar-refractivity contribution in [3.8, 4) is 11.3 Å². The van der Waals surface area contributed by atoms with Crippen LogP contribution in [0.1, 0.15) is 16.1 Å². The molecule has 5 nitrogen and oxygen atoms in total. The van der Waals surface area contributed by atoms with Crippen LogP contribution in [0.15, 0.2) is 60.7 Å². The van der Waals surface area contributed by atoms with Crippen LogP contribution in [0.3, 0.4) is 0 Å². The lowest BCUT2D eigenvalue weighted by atomic mass is 10.1. The summed E-state index contributed by atoms with van der Waals surface area (Å²) in [5.74, 6) is -0.167. The molecule has 0 bridgehead atoms. The van der Waals surface area contributed by atoms with Gasteiger partial charge in [0.1, 0.15) is 5.69 Å². The smallest absolute Gasteiger partial charge is 0.269 e. The van der Waals surface area contributed by atoms with E-state index in [0.29, 0.717) is 12.2 Å². The van der Waals surface area contributed by atoms with E-state index in [-0.39, 0.29) is 5.91 Å². The summed E-state index contributed by atoms with van der Waals surface area (Å²) in [5, 5.41) is 9.92. The van der Waals surface area contributed by atoms with E-state index in [2.05, 4.69) is 21.6 Å². The predicted octanol–water partition coefficient (Wildman–Crippen LogP) is 3.07. The SMILES string of the molecule is CN(C)c1cccc(CNC(=O)c2cc(-c3ccccc3)n[nH]2)c1. The molecule has 24 heavy (non-hydrogen) atoms. The molecule has 0 fully saturated rings. The highest BCUT2D eigenvalue weighted by atomic mass is 16.1. The Labute approximate surface area is 141 Å². The molecule has 0 spiro atoms. The molecule has 0 radical (unpaired) electrons. The van der Waals surface area contributed by atoms with Crippen LogP contribution in [0.25, 0.3) is 11.3 Å². The first-order chi connectivity index (χ1) is 11.6. The summed E-state index contributed by atoms with van der Waals surface area (Å²) >= 11 is 0. The molecular weight excluding hydrogens is 300 g/mol. The number of hydrogen-bond acceptors (Lipinski definition) is 3. The number of benzene rings is 2. The summed E-state index contributed by atoms with van der Waals surface area (Å²) in [6.07, 6.45) is 0. The van der Waals surface area contributed by atoms with Gasteiger partial charge in [-0.1, -0.05) is 42.5 Å². The molecule has 1 heterocycles. The number of nitrogens with zero attached hydrogens (tertiary/aromatic N) is 2. The summed E-state index contributed by atoms with van der Waals surface area (Å²) in [6, 6.07) is 19.6. The monoisotopic (exact) mass is 320 g/mol. The van der Waals surface area contributed by atoms with Gasteiger partial charge in [0.25, 0.3) is 5.91 Å². The van der Waals surface area contributed by atoms with E-state index in [1.165, 1.54) is 0 Å². The molecule has 0 aliphatic carbocycles. The van der Waals surface area contributed by atoms with Crippen molar-refractivity contribution in [2.45, 2.75) is 6.54 Å². The molecule has 122 valence electrons. The molecule has 5 heteroatoms. The lowest BCUT2D eigenvalue weighted by Crippen LogP contribution is -2.23. The molecule has 0 unspecified atom stereocenters. The highest BCUT2D eigenvalue weighted by Gasteiger charge is 2.10. The van der Waals surface area contributed by atoms with Crippen molar-refractivity contribution in [3.63, 3.8) is 0 Å². The maximum absolute atomic E-state index is 12.3. The zero-order chi connectivity index (χ0) is 16.9. The van der Waals surface area contributed by atoms with Crippen molar-refractivity contribution in [2.24, 2.45) is 0 Å². The Morgan fingerprint density at radius 1 is 1.08 bits per heavy atom. The number of nitrogens with one attached hydrogen (secondary N) is 2. The first-order valence-corrected chi connectivity index (χ1v) is 7.79. The van der Waals surface area contributed by atoms with Crippen molar-refractivity contribution in [1.29, 1.82) is 0 Å². The summed E-state index contributed by atoms with van der Waals surface area (Å²) in [5.41, 5.74) is 4.35. The molecular formula is C19H20N4O. The highest BCUT2D eigenvalue weighted by molar-refractivity contribution is 5.93. The molecule has 0 aliphatic heterocycles. The first kappa shape index (κ1) is 15.8. The van der Waals surface area contributed by atoms with Gasteiger partial charge in [0.2, 0.25) is 0 Å². The van der Waals surface area contributed by atoms with Crippen molar-refractivity contribution in [3.05, 3.63) is 71.9 Å². The van der Waals surface area contributed by atoms with Gasteiger partial charge in [-0.2, -0.15) is 5.10 Å². The second-order valence-corrected chi connectivity index (χ2v) is 5.78. The second-order valence-electron chi connectivity index (χ2n) is 5.78. The third-order valence-electron chi connectivity index (χ3n) is 3.77. The van der Waals surface area contributed by atoms with Crippen LogP contribution in [0.2, 0.25) is 0 Å². The molecule has 2 N–H and O–H groups in total. The van der Waals surface area contributed by atoms with E-state index in [1.807, 2.05) is 67.5 Å². The van der Waals surface area contributed by atoms with Gasteiger partial charge in [0, 0.05) is 31.9 Å². The van der Waals surface area contributed by atoms with Gasteiger partial charge >= 0.3 is 0 Å². The van der Waals surface area contributed by atoms with E-state index in [9.17, 15) is 4.79 Å². The minimum atomic E-state index is -0.167. The molecule has 3 rings (SSSR count). The topological polar surface area (TPSA) is 61.0 Å². The molecule has 2 aromatic carbocycles. The number of aromatic nitrogens is 2. The predicted molar refractivity (Wildman–Crippen MR) is 96.0 cm³/mol. The Bertz CT molecular complexity index is 824. The summed E-state index contributed by atoms with van der Waals surface area (Å²) in [7, 11) is 3.99. The van der Waals surface area contributed by atoms with Crippen molar-refractivity contribution < 1.29 is 4.79 Å². The fraction of sp³-hybridized carbons (Fsp3) is 0.158. The number of carbonyl (C=O) groups excluding carboxylic acids is 1. The minimum Gasteiger partial charge on any atom is -0.378 e. The zero-order valence-corrected chi connectivity index (χ0v) is 13.8. The lowest BCUT2D eigenvalue weighted by Gasteiger charge is -2.13. The normalized spacial score (nSPS) is 10.4. The van der Waals surface area contributed by atoms with E-state index < -0.39 is 0 Å². The van der Waals surface area contributed by atoms with Crippen molar-refractivity contribution in [1.82, 2.24) is 15.5 Å². The van der Waals surface area contributed by atoms with E-state index >= 15 is 0 Å². The largest absolute Gasteiger partial charge is 0.378 e. The molecule has 0 saturated heterocycles. The summed E-state index contributed by atoms with van der Waals surface area (Å²) in [4.78, 5) is 14.3. The second kappa shape index (κ2) is 7.00. The van der Waals surface area contributed by atoms with Crippen LogP contribution in [0.4, 0.5) is 5.69 Å². The third-order valence-corrected chi connectivity index (χ3v) is 3.77. The Morgan fingerprint density at radius 2 is 1.88 bits per heavy atom. The highest BCUT2D eigenvalue weighted by Crippen LogP contribution is 2.17. The van der Waals surface area contributed by atoms with Crippen LogP contribution in [0.5, 0.6) is 0 Å². The summed E-state index contributed by atoms with van der Waals surface area (Å²) in [6.45, 7) is 0.472. The fourth-order valence-corrected chi connectivity index (χ4v) is 2.42. The van der Waals surface area contributed by atoms with Gasteiger partial charge in [0.05, 0.1) is 5.69 Å². The van der Waals surface area contributed by atoms with Gasteiger partial charge in [-0.3, -0.25) is 9.89 Å². The molecule has 3 aromatic rings. The van der Waals surface area contributed by atoms with Crippen molar-refractivity contribution >= 4 is 11.6 Å². The molecule has 0 saturated carbocycles. The maximum Gasteiger partial charge on any atom is 0.269 e. The standard InChI is InChI=1S/C19H20N4O/c1-23(2)16-10-6-7-14(11-16)13-20-19(24)18-12-17(21-22-18)15-8-4-3-5-9-15/h3-12H,13H2,1-2H3,(H,20,24)(H,21,22). The van der Waals surface area contributed by atoms with Crippen LogP contribution in [-0.4, -0.2) is 30.2 Å². The van der Waals surface area contributed by atoms with Gasteiger partial charge in [-0.25, -0.2) is 0 Å². The third kappa shape index (κ3) is 3.63. The average Bonchev–Trinajstić information content (AvgIpc) is 3.11. The number of carbonyl (C=O) groups is 1.